The highest BCUT2D eigenvalue weighted by Gasteiger charge is 2.32. The molecule has 1 amide bonds. The molecule has 9 heteroatoms. The summed E-state index contributed by atoms with van der Waals surface area (Å²) < 4.78 is 24.3. The Morgan fingerprint density at radius 1 is 1.44 bits per heavy atom. The van der Waals surface area contributed by atoms with Gasteiger partial charge in [-0.3, -0.25) is 4.79 Å². The van der Waals surface area contributed by atoms with Crippen molar-refractivity contribution in [1.82, 2.24) is 15.4 Å². The van der Waals surface area contributed by atoms with Crippen LogP contribution in [0.5, 0.6) is 5.75 Å². The first-order chi connectivity index (χ1) is 12.4. The zero-order chi connectivity index (χ0) is 18.8. The van der Waals surface area contributed by atoms with Gasteiger partial charge in [-0.1, -0.05) is 5.16 Å². The number of carbonyl (C=O) groups excluding carboxylic acids is 1. The highest BCUT2D eigenvalue weighted by atomic mass is 35.5. The molecule has 2 aromatic rings. The number of aromatic nitrogens is 1. The predicted molar refractivity (Wildman–Crippen MR) is 103 cm³/mol. The Bertz CT molecular complexity index is 812. The lowest BCUT2D eigenvalue weighted by Gasteiger charge is -2.34. The summed E-state index contributed by atoms with van der Waals surface area (Å²) in [6.07, 6.45) is 0. The van der Waals surface area contributed by atoms with Crippen LogP contribution in [0.4, 0.5) is 10.2 Å². The zero-order valence-corrected chi connectivity index (χ0v) is 16.6. The molecule has 148 valence electrons. The Balaban J connectivity index is 0.00000261. The molecule has 0 unspecified atom stereocenters. The largest absolute Gasteiger partial charge is 0.494 e. The lowest BCUT2D eigenvalue weighted by molar-refractivity contribution is 0.0656. The summed E-state index contributed by atoms with van der Waals surface area (Å²) in [4.78, 5) is 16.8. The van der Waals surface area contributed by atoms with Gasteiger partial charge in [0.2, 0.25) is 0 Å². The molecule has 1 saturated heterocycles. The summed E-state index contributed by atoms with van der Waals surface area (Å²) in [5.74, 6) is 0.204. The molecule has 0 spiro atoms. The van der Waals surface area contributed by atoms with Gasteiger partial charge in [0.15, 0.2) is 23.1 Å². The number of methoxy groups -OCH3 is 1. The molecule has 0 aliphatic carbocycles. The average molecular weight is 399 g/mol. The highest BCUT2D eigenvalue weighted by Crippen LogP contribution is 2.34. The normalized spacial score (nSPS) is 16.6. The molecular weight excluding hydrogens is 375 g/mol. The number of nitrogens with one attached hydrogen (secondary N) is 1. The van der Waals surface area contributed by atoms with Gasteiger partial charge in [-0.2, -0.15) is 0 Å². The van der Waals surface area contributed by atoms with Crippen LogP contribution in [0.25, 0.3) is 11.3 Å². The quantitative estimate of drug-likeness (QED) is 0.852. The van der Waals surface area contributed by atoms with Crippen LogP contribution in [0.2, 0.25) is 0 Å². The molecule has 2 heterocycles. The second kappa shape index (κ2) is 8.58. The third kappa shape index (κ3) is 4.01. The Morgan fingerprint density at radius 3 is 2.81 bits per heavy atom. The van der Waals surface area contributed by atoms with Crippen molar-refractivity contribution in [3.8, 4) is 17.1 Å². The minimum Gasteiger partial charge on any atom is -0.494 e. The molecule has 1 aromatic heterocycles. The van der Waals surface area contributed by atoms with Gasteiger partial charge in [0, 0.05) is 45.3 Å². The summed E-state index contributed by atoms with van der Waals surface area (Å²) >= 11 is 0. The molecular formula is C18H24ClFN4O3. The fourth-order valence-corrected chi connectivity index (χ4v) is 3.06. The van der Waals surface area contributed by atoms with Crippen LogP contribution in [0, 0.1) is 5.82 Å². The van der Waals surface area contributed by atoms with Crippen molar-refractivity contribution in [2.24, 2.45) is 0 Å². The number of nitrogens with zero attached hydrogens (tertiary/aromatic N) is 3. The Kier molecular flexibility index (Phi) is 6.67. The lowest BCUT2D eigenvalue weighted by Crippen LogP contribution is -2.52. The number of hydrogen-bond acceptors (Lipinski definition) is 6. The van der Waals surface area contributed by atoms with Gasteiger partial charge in [-0.05, 0) is 25.1 Å². The SMILES string of the molecule is COc1cc(-c2onc(N(C)C)c2C(=O)N2CCNC[C@H]2C)ccc1F.Cl. The van der Waals surface area contributed by atoms with Gasteiger partial charge < -0.3 is 24.4 Å². The van der Waals surface area contributed by atoms with Crippen molar-refractivity contribution in [2.45, 2.75) is 13.0 Å². The number of ether oxygens (including phenoxy) is 1. The van der Waals surface area contributed by atoms with Gasteiger partial charge in [0.1, 0.15) is 5.56 Å². The summed E-state index contributed by atoms with van der Waals surface area (Å²) in [5, 5.41) is 7.33. The molecule has 1 fully saturated rings. The number of benzene rings is 1. The molecule has 1 aliphatic heterocycles. The summed E-state index contributed by atoms with van der Waals surface area (Å²) in [6.45, 7) is 4.06. The van der Waals surface area contributed by atoms with E-state index in [9.17, 15) is 9.18 Å². The van der Waals surface area contributed by atoms with Crippen LogP contribution in [0.3, 0.4) is 0 Å². The van der Waals surface area contributed by atoms with E-state index in [-0.39, 0.29) is 30.1 Å². The average Bonchev–Trinajstić information content (AvgIpc) is 3.07. The number of halogens is 2. The van der Waals surface area contributed by atoms with Gasteiger partial charge in [-0.15, -0.1) is 12.4 Å². The van der Waals surface area contributed by atoms with Crippen molar-refractivity contribution in [3.05, 3.63) is 29.6 Å². The molecule has 1 atom stereocenters. The Labute approximate surface area is 163 Å². The first-order valence-corrected chi connectivity index (χ1v) is 8.46. The highest BCUT2D eigenvalue weighted by molar-refractivity contribution is 6.04. The third-order valence-corrected chi connectivity index (χ3v) is 4.49. The monoisotopic (exact) mass is 398 g/mol. The topological polar surface area (TPSA) is 70.8 Å². The van der Waals surface area contributed by atoms with Crippen LogP contribution in [-0.4, -0.2) is 62.8 Å². The van der Waals surface area contributed by atoms with Gasteiger partial charge in [0.05, 0.1) is 7.11 Å². The maximum atomic E-state index is 13.8. The van der Waals surface area contributed by atoms with Crippen LogP contribution in [0.15, 0.2) is 22.7 Å². The standard InChI is InChI=1S/C18H23FN4O3.ClH/c1-11-10-20-7-8-23(11)18(24)15-16(26-21-17(15)22(2)3)12-5-6-13(19)14(9-12)25-4;/h5-6,9,11,20H,7-8,10H2,1-4H3;1H/t11-;/m1./s1. The van der Waals surface area contributed by atoms with Crippen molar-refractivity contribution >= 4 is 24.1 Å². The van der Waals surface area contributed by atoms with Crippen LogP contribution >= 0.6 is 12.4 Å². The predicted octanol–water partition coefficient (Wildman–Crippen LogP) is 2.41. The Morgan fingerprint density at radius 2 is 2.19 bits per heavy atom. The van der Waals surface area contributed by atoms with E-state index in [0.29, 0.717) is 29.2 Å². The minimum absolute atomic E-state index is 0. The second-order valence-corrected chi connectivity index (χ2v) is 6.51. The molecule has 7 nitrogen and oxygen atoms in total. The van der Waals surface area contributed by atoms with Crippen molar-refractivity contribution in [2.75, 3.05) is 45.7 Å². The number of amides is 1. The van der Waals surface area contributed by atoms with E-state index in [1.807, 2.05) is 6.92 Å². The molecule has 3 rings (SSSR count). The van der Waals surface area contributed by atoms with E-state index in [1.54, 1.807) is 30.0 Å². The van der Waals surface area contributed by atoms with E-state index < -0.39 is 5.82 Å². The van der Waals surface area contributed by atoms with Gasteiger partial charge in [0.25, 0.3) is 5.91 Å². The number of carbonyl (C=O) groups is 1. The van der Waals surface area contributed by atoms with Crippen LogP contribution in [0.1, 0.15) is 17.3 Å². The van der Waals surface area contributed by atoms with Crippen molar-refractivity contribution < 1.29 is 18.4 Å². The van der Waals surface area contributed by atoms with E-state index in [0.717, 1.165) is 13.1 Å². The maximum Gasteiger partial charge on any atom is 0.262 e. The first-order valence-electron chi connectivity index (χ1n) is 8.46. The number of anilines is 1. The number of rotatable bonds is 4. The van der Waals surface area contributed by atoms with Gasteiger partial charge in [-0.25, -0.2) is 4.39 Å². The zero-order valence-electron chi connectivity index (χ0n) is 15.8. The summed E-state index contributed by atoms with van der Waals surface area (Å²) in [5.41, 5.74) is 0.910. The van der Waals surface area contributed by atoms with E-state index in [4.69, 9.17) is 9.26 Å². The molecule has 1 aliphatic rings. The second-order valence-electron chi connectivity index (χ2n) is 6.51. The molecule has 1 aromatic carbocycles. The fraction of sp³-hybridized carbons (Fsp3) is 0.444. The van der Waals surface area contributed by atoms with Crippen LogP contribution in [-0.2, 0) is 0 Å². The fourth-order valence-electron chi connectivity index (χ4n) is 3.06. The molecule has 27 heavy (non-hydrogen) atoms. The summed E-state index contributed by atoms with van der Waals surface area (Å²) in [6, 6.07) is 4.40. The summed E-state index contributed by atoms with van der Waals surface area (Å²) in [7, 11) is 4.98. The van der Waals surface area contributed by atoms with E-state index in [1.165, 1.54) is 19.2 Å². The van der Waals surface area contributed by atoms with E-state index >= 15 is 0 Å². The lowest BCUT2D eigenvalue weighted by atomic mass is 10.0. The number of hydrogen-bond donors (Lipinski definition) is 1. The third-order valence-electron chi connectivity index (χ3n) is 4.49. The van der Waals surface area contributed by atoms with Gasteiger partial charge >= 0.3 is 0 Å². The number of piperazine rings is 1. The maximum absolute atomic E-state index is 13.8. The molecule has 0 radical (unpaired) electrons. The van der Waals surface area contributed by atoms with Crippen LogP contribution < -0.4 is 15.0 Å². The van der Waals surface area contributed by atoms with E-state index in [2.05, 4.69) is 10.5 Å². The van der Waals surface area contributed by atoms with Crippen molar-refractivity contribution in [1.29, 1.82) is 0 Å². The molecule has 0 saturated carbocycles. The smallest absolute Gasteiger partial charge is 0.262 e. The van der Waals surface area contributed by atoms with Crippen molar-refractivity contribution in [3.63, 3.8) is 0 Å². The first kappa shape index (κ1) is 21.0. The molecule has 1 N–H and O–H groups in total. The molecule has 0 bridgehead atoms. The minimum atomic E-state index is -0.479. The Hall–Kier alpha value is -2.32.